The Kier molecular flexibility index (Phi) is 4.57. The van der Waals surface area contributed by atoms with Crippen LogP contribution in [-0.2, 0) is 0 Å². The lowest BCUT2D eigenvalue weighted by Gasteiger charge is -2.19. The molecule has 0 atom stereocenters. The van der Waals surface area contributed by atoms with Gasteiger partial charge in [0.15, 0.2) is 6.67 Å². The summed E-state index contributed by atoms with van der Waals surface area (Å²) in [5.74, 6) is 0.197. The van der Waals surface area contributed by atoms with E-state index in [4.69, 9.17) is 0 Å². The highest BCUT2D eigenvalue weighted by Gasteiger charge is 2.19. The lowest BCUT2D eigenvalue weighted by molar-refractivity contribution is -0.385. The quantitative estimate of drug-likeness (QED) is 0.509. The van der Waals surface area contributed by atoms with Gasteiger partial charge in [0.25, 0.3) is 5.69 Å². The molecule has 0 spiro atoms. The van der Waals surface area contributed by atoms with Gasteiger partial charge in [-0.1, -0.05) is 30.3 Å². The fourth-order valence-corrected chi connectivity index (χ4v) is 2.55. The van der Waals surface area contributed by atoms with Crippen molar-refractivity contribution in [3.63, 3.8) is 0 Å². The second kappa shape index (κ2) is 6.97. The van der Waals surface area contributed by atoms with E-state index in [0.717, 1.165) is 5.06 Å². The number of non-ortho nitro benzene ring substituents is 1. The third kappa shape index (κ3) is 3.40. The number of nitro groups is 1. The van der Waals surface area contributed by atoms with E-state index in [2.05, 4.69) is 15.2 Å². The van der Waals surface area contributed by atoms with E-state index in [0.29, 0.717) is 21.8 Å². The van der Waals surface area contributed by atoms with Crippen molar-refractivity contribution < 1.29 is 10.1 Å². The molecule has 2 aromatic rings. The Morgan fingerprint density at radius 3 is 2.68 bits per heavy atom. The Balaban J connectivity index is 2.35. The van der Waals surface area contributed by atoms with Crippen LogP contribution in [0.15, 0.2) is 63.7 Å². The third-order valence-corrected chi connectivity index (χ3v) is 3.60. The van der Waals surface area contributed by atoms with Crippen LogP contribution in [0.25, 0.3) is 5.70 Å². The first-order chi connectivity index (χ1) is 12.1. The molecule has 1 aliphatic heterocycles. The van der Waals surface area contributed by atoms with Crippen molar-refractivity contribution >= 4 is 17.2 Å². The largest absolute Gasteiger partial charge is 0.288 e. The molecular formula is C16H13N5O4. The molecule has 9 heteroatoms. The number of nitrogens with zero attached hydrogens (tertiary/aromatic N) is 5. The molecule has 1 N–H and O–H groups in total. The van der Waals surface area contributed by atoms with Gasteiger partial charge in [0.05, 0.1) is 16.0 Å². The Morgan fingerprint density at radius 2 is 2.00 bits per heavy atom. The number of amidine groups is 1. The molecule has 0 radical (unpaired) electrons. The minimum atomic E-state index is -0.513. The Hall–Kier alpha value is -3.46. The lowest BCUT2D eigenvalue weighted by Crippen LogP contribution is -2.32. The van der Waals surface area contributed by atoms with Gasteiger partial charge in [-0.15, -0.1) is 4.91 Å². The van der Waals surface area contributed by atoms with Crippen LogP contribution in [0.5, 0.6) is 0 Å². The third-order valence-electron chi connectivity index (χ3n) is 3.60. The van der Waals surface area contributed by atoms with Crippen molar-refractivity contribution in [1.29, 1.82) is 0 Å². The maximum absolute atomic E-state index is 11.1. The first-order valence-electron chi connectivity index (χ1n) is 7.32. The molecule has 0 aliphatic carbocycles. The van der Waals surface area contributed by atoms with Crippen LogP contribution in [0.3, 0.4) is 0 Å². The summed E-state index contributed by atoms with van der Waals surface area (Å²) in [6, 6.07) is 13.1. The molecule has 0 saturated carbocycles. The fourth-order valence-electron chi connectivity index (χ4n) is 2.55. The van der Waals surface area contributed by atoms with E-state index >= 15 is 0 Å². The molecule has 9 nitrogen and oxygen atoms in total. The SMILES string of the molecule is O=NCN=C1CN(O)C(c2ccccc2)=c2cc([N+](=O)[O-])ccc2=N1. The number of hydrogen-bond acceptors (Lipinski definition) is 7. The molecule has 0 fully saturated rings. The molecule has 3 rings (SSSR count). The molecule has 2 aromatic carbocycles. The zero-order valence-electron chi connectivity index (χ0n) is 12.9. The van der Waals surface area contributed by atoms with E-state index in [1.165, 1.54) is 18.2 Å². The maximum atomic E-state index is 11.1. The topological polar surface area (TPSA) is 121 Å². The summed E-state index contributed by atoms with van der Waals surface area (Å²) < 4.78 is 0. The van der Waals surface area contributed by atoms with Gasteiger partial charge in [-0.2, -0.15) is 0 Å². The molecule has 126 valence electrons. The zero-order chi connectivity index (χ0) is 17.8. The number of benzene rings is 2. The van der Waals surface area contributed by atoms with Crippen molar-refractivity contribution in [1.82, 2.24) is 5.06 Å². The van der Waals surface area contributed by atoms with E-state index in [-0.39, 0.29) is 24.7 Å². The van der Waals surface area contributed by atoms with Crippen molar-refractivity contribution in [2.75, 3.05) is 13.2 Å². The van der Waals surface area contributed by atoms with Gasteiger partial charge < -0.3 is 0 Å². The number of rotatable bonds is 4. The Labute approximate surface area is 141 Å². The van der Waals surface area contributed by atoms with E-state index in [9.17, 15) is 20.2 Å². The van der Waals surface area contributed by atoms with Gasteiger partial charge in [-0.05, 0) is 11.2 Å². The summed E-state index contributed by atoms with van der Waals surface area (Å²) in [6.07, 6.45) is 0. The molecule has 0 aromatic heterocycles. The van der Waals surface area contributed by atoms with Gasteiger partial charge in [-0.3, -0.25) is 15.3 Å². The van der Waals surface area contributed by atoms with Crippen LogP contribution >= 0.6 is 0 Å². The Bertz CT molecular complexity index is 972. The molecule has 0 bridgehead atoms. The summed E-state index contributed by atoms with van der Waals surface area (Å²) in [7, 11) is 0. The minimum Gasteiger partial charge on any atom is -0.288 e. The summed E-state index contributed by atoms with van der Waals surface area (Å²) in [6.45, 7) is -0.405. The Morgan fingerprint density at radius 1 is 1.24 bits per heavy atom. The van der Waals surface area contributed by atoms with Gasteiger partial charge in [-0.25, -0.2) is 15.0 Å². The first kappa shape index (κ1) is 16.4. The number of hydroxylamine groups is 2. The molecule has 1 aliphatic rings. The average molecular weight is 339 g/mol. The predicted molar refractivity (Wildman–Crippen MR) is 89.4 cm³/mol. The van der Waals surface area contributed by atoms with Gasteiger partial charge in [0.2, 0.25) is 0 Å². The molecule has 0 unspecified atom stereocenters. The number of fused-ring (bicyclic) bond motifs is 1. The van der Waals surface area contributed by atoms with Gasteiger partial charge in [0.1, 0.15) is 12.4 Å². The molecule has 0 saturated heterocycles. The zero-order valence-corrected chi connectivity index (χ0v) is 12.9. The average Bonchev–Trinajstić information content (AvgIpc) is 2.75. The highest BCUT2D eigenvalue weighted by molar-refractivity contribution is 5.87. The van der Waals surface area contributed by atoms with Gasteiger partial charge >= 0.3 is 0 Å². The number of nitroso groups, excluding NO2 is 1. The second-order valence-corrected chi connectivity index (χ2v) is 5.19. The molecule has 25 heavy (non-hydrogen) atoms. The summed E-state index contributed by atoms with van der Waals surface area (Å²) in [4.78, 5) is 29.1. The maximum Gasteiger partial charge on any atom is 0.270 e. The fraction of sp³-hybridized carbons (Fsp3) is 0.125. The molecule has 0 amide bonds. The lowest BCUT2D eigenvalue weighted by atomic mass is 10.1. The molecule has 1 heterocycles. The van der Waals surface area contributed by atoms with E-state index in [1.807, 2.05) is 6.07 Å². The molecular weight excluding hydrogens is 326 g/mol. The minimum absolute atomic E-state index is 0.0811. The number of nitro benzene ring substituents is 1. The standard InChI is InChI=1S/C16H13N5O4/c22-18-10-17-15-9-20(23)16(11-4-2-1-3-5-11)13-8-12(21(24)25)6-7-14(13)19-15/h1-8,23H,9-10H2. The van der Waals surface area contributed by atoms with Crippen LogP contribution in [0.2, 0.25) is 0 Å². The predicted octanol–water partition coefficient (Wildman–Crippen LogP) is 1.20. The summed E-state index contributed by atoms with van der Waals surface area (Å²) in [5, 5.41) is 26.0. The number of hydrogen-bond donors (Lipinski definition) is 1. The van der Waals surface area contributed by atoms with Crippen molar-refractivity contribution in [3.8, 4) is 0 Å². The second-order valence-electron chi connectivity index (χ2n) is 5.19. The summed E-state index contributed by atoms with van der Waals surface area (Å²) in [5.41, 5.74) is 0.912. The smallest absolute Gasteiger partial charge is 0.270 e. The van der Waals surface area contributed by atoms with Crippen LogP contribution < -0.4 is 10.6 Å². The van der Waals surface area contributed by atoms with E-state index < -0.39 is 4.92 Å². The van der Waals surface area contributed by atoms with Crippen LogP contribution in [0, 0.1) is 15.0 Å². The van der Waals surface area contributed by atoms with Crippen LogP contribution in [0.4, 0.5) is 5.69 Å². The number of aliphatic imine (C=N–C) groups is 1. The highest BCUT2D eigenvalue weighted by Crippen LogP contribution is 2.16. The van der Waals surface area contributed by atoms with Crippen molar-refractivity contribution in [2.24, 2.45) is 15.2 Å². The monoisotopic (exact) mass is 339 g/mol. The highest BCUT2D eigenvalue weighted by atomic mass is 16.6. The summed E-state index contributed by atoms with van der Waals surface area (Å²) >= 11 is 0. The normalized spacial score (nSPS) is 15.3. The van der Waals surface area contributed by atoms with Crippen LogP contribution in [-0.4, -0.2) is 34.2 Å². The van der Waals surface area contributed by atoms with Crippen molar-refractivity contribution in [2.45, 2.75) is 0 Å². The van der Waals surface area contributed by atoms with Crippen molar-refractivity contribution in [3.05, 3.63) is 79.7 Å². The first-order valence-corrected chi connectivity index (χ1v) is 7.32. The van der Waals surface area contributed by atoms with Crippen LogP contribution in [0.1, 0.15) is 5.56 Å². The van der Waals surface area contributed by atoms with E-state index in [1.54, 1.807) is 24.3 Å². The van der Waals surface area contributed by atoms with Gasteiger partial charge in [0, 0.05) is 22.9 Å².